The molecule has 0 aliphatic carbocycles. The average Bonchev–Trinajstić information content (AvgIpc) is 2.27. The van der Waals surface area contributed by atoms with E-state index in [9.17, 15) is 4.79 Å². The van der Waals surface area contributed by atoms with E-state index in [2.05, 4.69) is 28.7 Å². The number of halogens is 1. The van der Waals surface area contributed by atoms with Crippen molar-refractivity contribution >= 4 is 28.6 Å². The van der Waals surface area contributed by atoms with Crippen LogP contribution in [0.3, 0.4) is 0 Å². The van der Waals surface area contributed by atoms with Crippen molar-refractivity contribution in [3.63, 3.8) is 0 Å². The summed E-state index contributed by atoms with van der Waals surface area (Å²) in [4.78, 5) is 11.7. The normalized spacial score (nSPS) is 9.56. The van der Waals surface area contributed by atoms with Gasteiger partial charge in [-0.05, 0) is 53.6 Å². The second kappa shape index (κ2) is 6.48. The topological polar surface area (TPSA) is 50.1 Å². The number of nitrogens with zero attached hydrogens (tertiary/aromatic N) is 1. The molecule has 84 valence electrons. The van der Waals surface area contributed by atoms with Crippen molar-refractivity contribution in [2.45, 2.75) is 19.8 Å². The van der Waals surface area contributed by atoms with E-state index < -0.39 is 0 Å². The van der Waals surface area contributed by atoms with Gasteiger partial charge in [0.05, 0.1) is 18.2 Å². The fraction of sp³-hybridized carbons (Fsp3) is 0.333. The predicted molar refractivity (Wildman–Crippen MR) is 69.0 cm³/mol. The Bertz CT molecular complexity index is 424. The summed E-state index contributed by atoms with van der Waals surface area (Å²) in [5, 5.41) is 8.58. The largest absolute Gasteiger partial charge is 0.462 e. The zero-order chi connectivity index (χ0) is 12.0. The summed E-state index contributed by atoms with van der Waals surface area (Å²) >= 11 is 2.17. The van der Waals surface area contributed by atoms with Gasteiger partial charge < -0.3 is 4.74 Å². The van der Waals surface area contributed by atoms with Gasteiger partial charge >= 0.3 is 5.97 Å². The molecule has 0 atom stereocenters. The van der Waals surface area contributed by atoms with Gasteiger partial charge in [-0.15, -0.1) is 0 Å². The molecule has 0 spiro atoms. The maximum absolute atomic E-state index is 11.7. The van der Waals surface area contributed by atoms with Gasteiger partial charge in [0.15, 0.2) is 0 Å². The van der Waals surface area contributed by atoms with Gasteiger partial charge in [-0.25, -0.2) is 4.79 Å². The van der Waals surface area contributed by atoms with Crippen LogP contribution in [0.25, 0.3) is 0 Å². The number of carbonyl (C=O) groups excluding carboxylic acids is 1. The molecule has 0 bridgehead atoms. The molecule has 0 aliphatic heterocycles. The first-order chi connectivity index (χ1) is 7.70. The molecule has 0 aromatic heterocycles. The van der Waals surface area contributed by atoms with Crippen LogP contribution >= 0.6 is 22.6 Å². The molecule has 0 saturated carbocycles. The van der Waals surface area contributed by atoms with E-state index in [1.54, 1.807) is 13.0 Å². The smallest absolute Gasteiger partial charge is 0.338 e. The Hall–Kier alpha value is -1.09. The maximum atomic E-state index is 11.7. The van der Waals surface area contributed by atoms with Gasteiger partial charge in [-0.1, -0.05) is 6.07 Å². The quantitative estimate of drug-likeness (QED) is 0.630. The average molecular weight is 329 g/mol. The van der Waals surface area contributed by atoms with Crippen molar-refractivity contribution in [3.05, 3.63) is 32.9 Å². The number of nitriles is 1. The minimum Gasteiger partial charge on any atom is -0.462 e. The molecule has 0 saturated heterocycles. The van der Waals surface area contributed by atoms with Crippen molar-refractivity contribution < 1.29 is 9.53 Å². The van der Waals surface area contributed by atoms with E-state index in [-0.39, 0.29) is 5.97 Å². The number of hydrogen-bond donors (Lipinski definition) is 0. The summed E-state index contributed by atoms with van der Waals surface area (Å²) in [6, 6.07) is 7.58. The lowest BCUT2D eigenvalue weighted by atomic mass is 10.0. The second-order valence-electron chi connectivity index (χ2n) is 3.14. The Kier molecular flexibility index (Phi) is 5.26. The molecule has 1 aromatic rings. The highest BCUT2D eigenvalue weighted by atomic mass is 127. The molecule has 0 heterocycles. The van der Waals surface area contributed by atoms with Crippen LogP contribution in [0.1, 0.15) is 29.3 Å². The number of rotatable bonds is 4. The van der Waals surface area contributed by atoms with Crippen LogP contribution in [0.5, 0.6) is 0 Å². The van der Waals surface area contributed by atoms with Crippen LogP contribution in [0, 0.1) is 14.9 Å². The molecule has 0 N–H and O–H groups in total. The van der Waals surface area contributed by atoms with Gasteiger partial charge in [-0.2, -0.15) is 5.26 Å². The standard InChI is InChI=1S/C12H12INO2/c1-2-16-12(15)10-5-3-7-11(13)9(10)6-4-8-14/h3,5,7H,2,4,6H2,1H3. The van der Waals surface area contributed by atoms with Crippen LogP contribution in [-0.2, 0) is 11.2 Å². The molecular weight excluding hydrogens is 317 g/mol. The maximum Gasteiger partial charge on any atom is 0.338 e. The molecule has 0 fully saturated rings. The van der Waals surface area contributed by atoms with Crippen LogP contribution in [0.2, 0.25) is 0 Å². The summed E-state index contributed by atoms with van der Waals surface area (Å²) in [7, 11) is 0. The van der Waals surface area contributed by atoms with Crippen LogP contribution in [0.15, 0.2) is 18.2 Å². The first-order valence-corrected chi connectivity index (χ1v) is 6.10. The molecular formula is C12H12INO2. The summed E-state index contributed by atoms with van der Waals surface area (Å²) < 4.78 is 5.98. The van der Waals surface area contributed by atoms with E-state index in [0.717, 1.165) is 9.13 Å². The fourth-order valence-electron chi connectivity index (χ4n) is 1.39. The van der Waals surface area contributed by atoms with E-state index in [1.807, 2.05) is 12.1 Å². The lowest BCUT2D eigenvalue weighted by Gasteiger charge is -2.09. The number of hydrogen-bond acceptors (Lipinski definition) is 3. The van der Waals surface area contributed by atoms with Crippen molar-refractivity contribution in [3.8, 4) is 6.07 Å². The Labute approximate surface area is 109 Å². The minimum absolute atomic E-state index is 0.311. The van der Waals surface area contributed by atoms with Crippen LogP contribution < -0.4 is 0 Å². The fourth-order valence-corrected chi connectivity index (χ4v) is 2.16. The number of ether oxygens (including phenoxy) is 1. The number of carbonyl (C=O) groups is 1. The van der Waals surface area contributed by atoms with E-state index in [4.69, 9.17) is 10.00 Å². The lowest BCUT2D eigenvalue weighted by molar-refractivity contribution is 0.0525. The minimum atomic E-state index is -0.311. The van der Waals surface area contributed by atoms with Gasteiger partial charge in [0.2, 0.25) is 0 Å². The number of benzene rings is 1. The zero-order valence-corrected chi connectivity index (χ0v) is 11.2. The lowest BCUT2D eigenvalue weighted by Crippen LogP contribution is -2.09. The van der Waals surface area contributed by atoms with Gasteiger partial charge in [0.25, 0.3) is 0 Å². The first-order valence-electron chi connectivity index (χ1n) is 5.02. The van der Waals surface area contributed by atoms with Crippen molar-refractivity contribution in [1.82, 2.24) is 0 Å². The molecule has 1 rings (SSSR count). The van der Waals surface area contributed by atoms with E-state index >= 15 is 0 Å². The SMILES string of the molecule is CCOC(=O)c1cccc(I)c1CCC#N. The molecule has 1 aromatic carbocycles. The Morgan fingerprint density at radius 2 is 2.31 bits per heavy atom. The molecule has 16 heavy (non-hydrogen) atoms. The van der Waals surface area contributed by atoms with Crippen LogP contribution in [0.4, 0.5) is 0 Å². The van der Waals surface area contributed by atoms with Gasteiger partial charge in [0.1, 0.15) is 0 Å². The second-order valence-corrected chi connectivity index (χ2v) is 4.31. The van der Waals surface area contributed by atoms with Crippen molar-refractivity contribution in [1.29, 1.82) is 5.26 Å². The highest BCUT2D eigenvalue weighted by Crippen LogP contribution is 2.19. The van der Waals surface area contributed by atoms with E-state index in [1.165, 1.54) is 0 Å². The third-order valence-corrected chi connectivity index (χ3v) is 3.11. The third kappa shape index (κ3) is 3.20. The Morgan fingerprint density at radius 1 is 1.56 bits per heavy atom. The first kappa shape index (κ1) is 13.0. The summed E-state index contributed by atoms with van der Waals surface area (Å²) in [6.45, 7) is 2.14. The zero-order valence-electron chi connectivity index (χ0n) is 9.00. The molecule has 0 amide bonds. The molecule has 0 radical (unpaired) electrons. The summed E-state index contributed by atoms with van der Waals surface area (Å²) in [5.74, 6) is -0.311. The predicted octanol–water partition coefficient (Wildman–Crippen LogP) is 2.92. The Morgan fingerprint density at radius 3 is 2.94 bits per heavy atom. The van der Waals surface area contributed by atoms with Crippen molar-refractivity contribution in [2.75, 3.05) is 6.61 Å². The van der Waals surface area contributed by atoms with E-state index in [0.29, 0.717) is 25.0 Å². The van der Waals surface area contributed by atoms with Gasteiger partial charge in [0, 0.05) is 9.99 Å². The van der Waals surface area contributed by atoms with Gasteiger partial charge in [-0.3, -0.25) is 0 Å². The molecule has 0 unspecified atom stereocenters. The Balaban J connectivity index is 3.03. The van der Waals surface area contributed by atoms with Crippen LogP contribution in [-0.4, -0.2) is 12.6 Å². The molecule has 0 aliphatic rings. The molecule has 3 nitrogen and oxygen atoms in total. The molecule has 4 heteroatoms. The highest BCUT2D eigenvalue weighted by molar-refractivity contribution is 14.1. The summed E-state index contributed by atoms with van der Waals surface area (Å²) in [5.41, 5.74) is 1.48. The highest BCUT2D eigenvalue weighted by Gasteiger charge is 2.14. The van der Waals surface area contributed by atoms with Crippen molar-refractivity contribution in [2.24, 2.45) is 0 Å². The monoisotopic (exact) mass is 329 g/mol. The number of esters is 1. The summed E-state index contributed by atoms with van der Waals surface area (Å²) in [6.07, 6.45) is 0.996. The third-order valence-electron chi connectivity index (χ3n) is 2.10.